The van der Waals surface area contributed by atoms with Crippen LogP contribution in [0.2, 0.25) is 5.02 Å². The van der Waals surface area contributed by atoms with Crippen LogP contribution in [0.5, 0.6) is 0 Å². The molecule has 0 saturated heterocycles. The van der Waals surface area contributed by atoms with Crippen LogP contribution in [-0.2, 0) is 13.1 Å². The number of benzene rings is 1. The Kier molecular flexibility index (Phi) is 3.61. The van der Waals surface area contributed by atoms with Crippen molar-refractivity contribution in [2.75, 3.05) is 6.54 Å². The first-order valence-electron chi connectivity index (χ1n) is 7.66. The van der Waals surface area contributed by atoms with Crippen molar-refractivity contribution in [2.45, 2.75) is 20.0 Å². The van der Waals surface area contributed by atoms with Crippen molar-refractivity contribution in [1.82, 2.24) is 19.7 Å². The van der Waals surface area contributed by atoms with Crippen molar-refractivity contribution >= 4 is 17.5 Å². The zero-order valence-electron chi connectivity index (χ0n) is 13.1. The van der Waals surface area contributed by atoms with E-state index in [9.17, 15) is 4.79 Å². The molecular weight excluding hydrogens is 328 g/mol. The lowest BCUT2D eigenvalue weighted by Crippen LogP contribution is -2.38. The van der Waals surface area contributed by atoms with E-state index in [1.807, 2.05) is 29.7 Å². The third-order valence-electron chi connectivity index (χ3n) is 4.18. The van der Waals surface area contributed by atoms with Gasteiger partial charge in [-0.25, -0.2) is 0 Å². The van der Waals surface area contributed by atoms with E-state index in [2.05, 4.69) is 10.2 Å². The third-order valence-corrected chi connectivity index (χ3v) is 4.51. The molecule has 4 rings (SSSR count). The molecule has 1 aromatic carbocycles. The second-order valence-electron chi connectivity index (χ2n) is 5.69. The molecule has 1 amide bonds. The second-order valence-corrected chi connectivity index (χ2v) is 6.09. The van der Waals surface area contributed by atoms with Gasteiger partial charge in [-0.15, -0.1) is 10.2 Å². The number of carbonyl (C=O) groups is 1. The molecule has 7 heteroatoms. The van der Waals surface area contributed by atoms with Gasteiger partial charge in [-0.05, 0) is 31.2 Å². The second kappa shape index (κ2) is 5.79. The molecule has 3 heterocycles. The van der Waals surface area contributed by atoms with E-state index in [4.69, 9.17) is 16.0 Å². The summed E-state index contributed by atoms with van der Waals surface area (Å²) < 4.78 is 7.77. The number of hydrogen-bond acceptors (Lipinski definition) is 4. The fourth-order valence-corrected chi connectivity index (χ4v) is 3.12. The maximum atomic E-state index is 12.7. The van der Waals surface area contributed by atoms with Gasteiger partial charge in [0.05, 0.1) is 11.6 Å². The fraction of sp³-hybridized carbons (Fsp3) is 0.235. The Labute approximate surface area is 143 Å². The molecule has 1 aliphatic rings. The highest BCUT2D eigenvalue weighted by molar-refractivity contribution is 6.33. The van der Waals surface area contributed by atoms with Gasteiger partial charge in [0, 0.05) is 18.7 Å². The van der Waals surface area contributed by atoms with Gasteiger partial charge in [-0.3, -0.25) is 4.79 Å². The molecule has 2 aromatic heterocycles. The van der Waals surface area contributed by atoms with Gasteiger partial charge in [-0.2, -0.15) is 0 Å². The van der Waals surface area contributed by atoms with Gasteiger partial charge in [0.15, 0.2) is 11.6 Å². The largest absolute Gasteiger partial charge is 0.451 e. The van der Waals surface area contributed by atoms with Crippen LogP contribution in [0.3, 0.4) is 0 Å². The number of rotatable bonds is 2. The molecule has 3 aromatic rings. The average molecular weight is 343 g/mol. The molecule has 0 aliphatic carbocycles. The average Bonchev–Trinajstić information content (AvgIpc) is 3.22. The molecule has 6 nitrogen and oxygen atoms in total. The normalized spacial score (nSPS) is 13.8. The van der Waals surface area contributed by atoms with Crippen LogP contribution in [-0.4, -0.2) is 32.1 Å². The molecule has 0 atom stereocenters. The first-order chi connectivity index (χ1) is 11.6. The van der Waals surface area contributed by atoms with Crippen LogP contribution in [0.4, 0.5) is 0 Å². The Morgan fingerprint density at radius 1 is 1.17 bits per heavy atom. The van der Waals surface area contributed by atoms with Gasteiger partial charge < -0.3 is 13.9 Å². The highest BCUT2D eigenvalue weighted by atomic mass is 35.5. The number of nitrogens with zero attached hydrogens (tertiary/aromatic N) is 4. The Bertz CT molecular complexity index is 915. The number of aryl methyl sites for hydroxylation is 1. The minimum atomic E-state index is -0.153. The number of fused-ring (bicyclic) bond motifs is 1. The number of aromatic nitrogens is 3. The Hall–Kier alpha value is -2.60. The van der Waals surface area contributed by atoms with Crippen LogP contribution < -0.4 is 0 Å². The van der Waals surface area contributed by atoms with E-state index in [0.717, 1.165) is 17.2 Å². The lowest BCUT2D eigenvalue weighted by molar-refractivity contribution is 0.0675. The van der Waals surface area contributed by atoms with E-state index >= 15 is 0 Å². The monoisotopic (exact) mass is 342 g/mol. The van der Waals surface area contributed by atoms with Gasteiger partial charge in [0.1, 0.15) is 11.6 Å². The summed E-state index contributed by atoms with van der Waals surface area (Å²) in [6.07, 6.45) is 0. The minimum Gasteiger partial charge on any atom is -0.451 e. The van der Waals surface area contributed by atoms with E-state index in [1.165, 1.54) is 0 Å². The summed E-state index contributed by atoms with van der Waals surface area (Å²) in [6.45, 7) is 3.64. The maximum Gasteiger partial charge on any atom is 0.290 e. The van der Waals surface area contributed by atoms with Crippen molar-refractivity contribution in [3.05, 3.63) is 58.8 Å². The number of carbonyl (C=O) groups excluding carboxylic acids is 1. The highest BCUT2D eigenvalue weighted by Gasteiger charge is 2.26. The molecule has 0 fully saturated rings. The predicted molar refractivity (Wildman–Crippen MR) is 88.7 cm³/mol. The Balaban J connectivity index is 1.57. The first-order valence-corrected chi connectivity index (χ1v) is 8.04. The summed E-state index contributed by atoms with van der Waals surface area (Å²) in [6, 6.07) is 10.8. The van der Waals surface area contributed by atoms with Gasteiger partial charge in [-0.1, -0.05) is 23.7 Å². The molecular formula is C17H15ClN4O2. The summed E-state index contributed by atoms with van der Waals surface area (Å²) in [7, 11) is 0. The molecule has 1 aliphatic heterocycles. The lowest BCUT2D eigenvalue weighted by Gasteiger charge is -2.26. The molecule has 0 saturated carbocycles. The summed E-state index contributed by atoms with van der Waals surface area (Å²) in [5.74, 6) is 2.40. The summed E-state index contributed by atoms with van der Waals surface area (Å²) in [4.78, 5) is 14.4. The lowest BCUT2D eigenvalue weighted by atomic mass is 10.2. The molecule has 0 unspecified atom stereocenters. The Morgan fingerprint density at radius 2 is 2.00 bits per heavy atom. The van der Waals surface area contributed by atoms with E-state index in [1.54, 1.807) is 23.1 Å². The predicted octanol–water partition coefficient (Wildman–Crippen LogP) is 3.16. The molecule has 122 valence electrons. The molecule has 0 bridgehead atoms. The van der Waals surface area contributed by atoms with Gasteiger partial charge >= 0.3 is 0 Å². The standard InChI is InChI=1S/C17H15ClN4O2/c1-11-19-20-16-10-21(8-9-22(11)16)17(23)15-7-6-14(24-15)12-4-2-3-5-13(12)18/h2-7H,8-10H2,1H3. The molecule has 0 spiro atoms. The highest BCUT2D eigenvalue weighted by Crippen LogP contribution is 2.29. The van der Waals surface area contributed by atoms with E-state index in [-0.39, 0.29) is 5.91 Å². The molecule has 24 heavy (non-hydrogen) atoms. The van der Waals surface area contributed by atoms with Crippen molar-refractivity contribution in [3.8, 4) is 11.3 Å². The number of amides is 1. The van der Waals surface area contributed by atoms with Crippen molar-refractivity contribution in [1.29, 1.82) is 0 Å². The van der Waals surface area contributed by atoms with Crippen LogP contribution in [0.15, 0.2) is 40.8 Å². The zero-order chi connectivity index (χ0) is 16.7. The zero-order valence-corrected chi connectivity index (χ0v) is 13.8. The van der Waals surface area contributed by atoms with Crippen LogP contribution in [0.25, 0.3) is 11.3 Å². The third kappa shape index (κ3) is 2.49. The van der Waals surface area contributed by atoms with Crippen molar-refractivity contribution in [3.63, 3.8) is 0 Å². The molecule has 0 radical (unpaired) electrons. The number of furan rings is 1. The topological polar surface area (TPSA) is 64.2 Å². The molecule has 0 N–H and O–H groups in total. The van der Waals surface area contributed by atoms with Gasteiger partial charge in [0.2, 0.25) is 0 Å². The maximum absolute atomic E-state index is 12.7. The van der Waals surface area contributed by atoms with Crippen molar-refractivity contribution < 1.29 is 9.21 Å². The van der Waals surface area contributed by atoms with Crippen LogP contribution in [0.1, 0.15) is 22.2 Å². The van der Waals surface area contributed by atoms with E-state index < -0.39 is 0 Å². The van der Waals surface area contributed by atoms with E-state index in [0.29, 0.717) is 36.2 Å². The quantitative estimate of drug-likeness (QED) is 0.717. The van der Waals surface area contributed by atoms with Crippen molar-refractivity contribution in [2.24, 2.45) is 0 Å². The Morgan fingerprint density at radius 3 is 2.83 bits per heavy atom. The fourth-order valence-electron chi connectivity index (χ4n) is 2.89. The SMILES string of the molecule is Cc1nnc2n1CCN(C(=O)c1ccc(-c3ccccc3Cl)o1)C2. The first kappa shape index (κ1) is 15.0. The van der Waals surface area contributed by atoms with Crippen LogP contribution in [0, 0.1) is 6.92 Å². The number of hydrogen-bond donors (Lipinski definition) is 0. The van der Waals surface area contributed by atoms with Gasteiger partial charge in [0.25, 0.3) is 5.91 Å². The minimum absolute atomic E-state index is 0.153. The smallest absolute Gasteiger partial charge is 0.290 e. The summed E-state index contributed by atoms with van der Waals surface area (Å²) in [5.41, 5.74) is 0.771. The van der Waals surface area contributed by atoms with Crippen LogP contribution >= 0.6 is 11.6 Å². The summed E-state index contributed by atoms with van der Waals surface area (Å²) >= 11 is 6.18. The summed E-state index contributed by atoms with van der Waals surface area (Å²) in [5, 5.41) is 8.76. The number of halogens is 1.